The van der Waals surface area contributed by atoms with E-state index in [1.165, 1.54) is 0 Å². The van der Waals surface area contributed by atoms with Crippen LogP contribution in [0.25, 0.3) is 33.3 Å². The molecule has 0 saturated heterocycles. The standard InChI is InChI=1S/C25H23F2N5O/c1-15-23(16(2)33-31-15)19-9-22-24(30-12-19)21(18-3-4-20(10-28)29-11-18)14-32(22)13-17-5-7-25(26,27)8-6-17/h3-4,9,11-12,14,17H,5-8,13H2,1-2H3. The molecule has 0 unspecified atom stereocenters. The first-order valence-corrected chi connectivity index (χ1v) is 11.0. The molecule has 0 aliphatic heterocycles. The van der Waals surface area contributed by atoms with Crippen LogP contribution < -0.4 is 0 Å². The van der Waals surface area contributed by atoms with Gasteiger partial charge >= 0.3 is 0 Å². The first-order chi connectivity index (χ1) is 15.8. The molecular formula is C25H23F2N5O. The number of nitriles is 1. The molecular weight excluding hydrogens is 424 g/mol. The van der Waals surface area contributed by atoms with E-state index in [4.69, 9.17) is 14.8 Å². The van der Waals surface area contributed by atoms with Crippen molar-refractivity contribution in [2.24, 2.45) is 5.92 Å². The highest BCUT2D eigenvalue weighted by atomic mass is 19.3. The molecule has 0 spiro atoms. The van der Waals surface area contributed by atoms with Gasteiger partial charge in [0.15, 0.2) is 0 Å². The maximum absolute atomic E-state index is 13.7. The normalized spacial score (nSPS) is 16.2. The van der Waals surface area contributed by atoms with Crippen molar-refractivity contribution in [2.45, 2.75) is 52.0 Å². The van der Waals surface area contributed by atoms with Gasteiger partial charge in [-0.3, -0.25) is 4.98 Å². The number of alkyl halides is 2. The van der Waals surface area contributed by atoms with Crippen molar-refractivity contribution in [3.63, 3.8) is 0 Å². The van der Waals surface area contributed by atoms with Crippen LogP contribution in [-0.2, 0) is 6.54 Å². The van der Waals surface area contributed by atoms with Gasteiger partial charge in [-0.05, 0) is 50.8 Å². The minimum atomic E-state index is -2.55. The molecule has 1 aliphatic carbocycles. The Morgan fingerprint density at radius 3 is 2.55 bits per heavy atom. The molecule has 0 N–H and O–H groups in total. The van der Waals surface area contributed by atoms with Crippen LogP contribution >= 0.6 is 0 Å². The molecule has 8 heteroatoms. The van der Waals surface area contributed by atoms with Crippen molar-refractivity contribution >= 4 is 11.0 Å². The topological polar surface area (TPSA) is 80.5 Å². The lowest BCUT2D eigenvalue weighted by Gasteiger charge is -2.28. The summed E-state index contributed by atoms with van der Waals surface area (Å²) in [7, 11) is 0. The second-order valence-electron chi connectivity index (χ2n) is 8.83. The Labute approximate surface area is 189 Å². The van der Waals surface area contributed by atoms with Gasteiger partial charge in [0.2, 0.25) is 5.92 Å². The van der Waals surface area contributed by atoms with Crippen LogP contribution in [0.3, 0.4) is 0 Å². The minimum absolute atomic E-state index is 0.0636. The lowest BCUT2D eigenvalue weighted by atomic mass is 9.87. The van der Waals surface area contributed by atoms with Crippen LogP contribution in [0.4, 0.5) is 8.78 Å². The third-order valence-electron chi connectivity index (χ3n) is 6.52. The van der Waals surface area contributed by atoms with E-state index >= 15 is 0 Å². The van der Waals surface area contributed by atoms with Gasteiger partial charge in [-0.25, -0.2) is 13.8 Å². The van der Waals surface area contributed by atoms with Crippen LogP contribution in [0.2, 0.25) is 0 Å². The highest BCUT2D eigenvalue weighted by Gasteiger charge is 2.35. The highest BCUT2D eigenvalue weighted by molar-refractivity contribution is 5.94. The molecule has 1 aliphatic rings. The average molecular weight is 447 g/mol. The number of pyridine rings is 2. The van der Waals surface area contributed by atoms with Gasteiger partial charge in [0, 0.05) is 60.2 Å². The smallest absolute Gasteiger partial charge is 0.248 e. The Bertz CT molecular complexity index is 1330. The van der Waals surface area contributed by atoms with Gasteiger partial charge in [0.25, 0.3) is 0 Å². The SMILES string of the molecule is Cc1noc(C)c1-c1cnc2c(-c3ccc(C#N)nc3)cn(CC3CCC(F)(F)CC3)c2c1. The zero-order valence-corrected chi connectivity index (χ0v) is 18.5. The van der Waals surface area contributed by atoms with Crippen LogP contribution in [0.5, 0.6) is 0 Å². The van der Waals surface area contributed by atoms with Gasteiger partial charge in [-0.2, -0.15) is 5.26 Å². The Balaban J connectivity index is 1.60. The summed E-state index contributed by atoms with van der Waals surface area (Å²) in [6.07, 6.45) is 6.36. The fourth-order valence-electron chi connectivity index (χ4n) is 4.74. The summed E-state index contributed by atoms with van der Waals surface area (Å²) in [4.78, 5) is 8.97. The molecule has 0 aromatic carbocycles. The third-order valence-corrected chi connectivity index (χ3v) is 6.52. The molecule has 4 heterocycles. The number of aromatic nitrogens is 4. The lowest BCUT2D eigenvalue weighted by Crippen LogP contribution is -2.26. The van der Waals surface area contributed by atoms with E-state index in [0.717, 1.165) is 44.7 Å². The molecule has 33 heavy (non-hydrogen) atoms. The maximum Gasteiger partial charge on any atom is 0.248 e. The van der Waals surface area contributed by atoms with Crippen molar-refractivity contribution in [3.8, 4) is 28.3 Å². The predicted octanol–water partition coefficient (Wildman–Crippen LogP) is 6.07. The van der Waals surface area contributed by atoms with Crippen LogP contribution in [0.1, 0.15) is 42.8 Å². The van der Waals surface area contributed by atoms with Crippen molar-refractivity contribution < 1.29 is 13.3 Å². The van der Waals surface area contributed by atoms with E-state index in [2.05, 4.69) is 20.8 Å². The molecule has 1 saturated carbocycles. The fourth-order valence-corrected chi connectivity index (χ4v) is 4.74. The summed E-state index contributed by atoms with van der Waals surface area (Å²) >= 11 is 0. The summed E-state index contributed by atoms with van der Waals surface area (Å²) in [6, 6.07) is 7.63. The summed E-state index contributed by atoms with van der Waals surface area (Å²) in [5.74, 6) is -1.65. The number of hydrogen-bond donors (Lipinski definition) is 0. The van der Waals surface area contributed by atoms with Gasteiger partial charge in [0.05, 0.1) is 16.7 Å². The van der Waals surface area contributed by atoms with E-state index < -0.39 is 5.92 Å². The van der Waals surface area contributed by atoms with Crippen LogP contribution in [0.15, 0.2) is 41.3 Å². The molecule has 0 amide bonds. The number of nitrogens with zero attached hydrogens (tertiary/aromatic N) is 5. The molecule has 4 aromatic rings. The number of fused-ring (bicyclic) bond motifs is 1. The second kappa shape index (κ2) is 8.07. The lowest BCUT2D eigenvalue weighted by molar-refractivity contribution is -0.0472. The Morgan fingerprint density at radius 1 is 1.15 bits per heavy atom. The first kappa shape index (κ1) is 21.3. The zero-order valence-electron chi connectivity index (χ0n) is 18.5. The predicted molar refractivity (Wildman–Crippen MR) is 120 cm³/mol. The van der Waals surface area contributed by atoms with E-state index in [-0.39, 0.29) is 18.8 Å². The van der Waals surface area contributed by atoms with Crippen LogP contribution in [0, 0.1) is 31.1 Å². The summed E-state index contributed by atoms with van der Waals surface area (Å²) < 4.78 is 34.8. The van der Waals surface area contributed by atoms with E-state index in [1.54, 1.807) is 18.5 Å². The van der Waals surface area contributed by atoms with Crippen molar-refractivity contribution in [1.82, 2.24) is 19.7 Å². The molecule has 168 valence electrons. The number of aryl methyl sites for hydroxylation is 2. The molecule has 4 aromatic heterocycles. The van der Waals surface area contributed by atoms with Crippen molar-refractivity contribution in [1.29, 1.82) is 5.26 Å². The fraction of sp³-hybridized carbons (Fsp3) is 0.360. The molecule has 0 atom stereocenters. The van der Waals surface area contributed by atoms with E-state index in [0.29, 0.717) is 25.1 Å². The van der Waals surface area contributed by atoms with Gasteiger partial charge in [-0.15, -0.1) is 0 Å². The third kappa shape index (κ3) is 3.99. The molecule has 1 fully saturated rings. The second-order valence-corrected chi connectivity index (χ2v) is 8.83. The Kier molecular flexibility index (Phi) is 5.20. The zero-order chi connectivity index (χ0) is 23.2. The van der Waals surface area contributed by atoms with Crippen molar-refractivity contribution in [2.75, 3.05) is 0 Å². The Hall–Kier alpha value is -3.60. The monoisotopic (exact) mass is 447 g/mol. The Morgan fingerprint density at radius 2 is 1.91 bits per heavy atom. The largest absolute Gasteiger partial charge is 0.361 e. The summed E-state index contributed by atoms with van der Waals surface area (Å²) in [5.41, 5.74) is 6.42. The minimum Gasteiger partial charge on any atom is -0.361 e. The number of halogens is 2. The average Bonchev–Trinajstić information content (AvgIpc) is 3.34. The molecule has 6 nitrogen and oxygen atoms in total. The quantitative estimate of drug-likeness (QED) is 0.379. The van der Waals surface area contributed by atoms with Gasteiger partial charge < -0.3 is 9.09 Å². The van der Waals surface area contributed by atoms with E-state index in [1.807, 2.05) is 32.2 Å². The van der Waals surface area contributed by atoms with E-state index in [9.17, 15) is 8.78 Å². The molecule has 0 bridgehead atoms. The van der Waals surface area contributed by atoms with Crippen molar-refractivity contribution in [3.05, 3.63) is 53.9 Å². The van der Waals surface area contributed by atoms with Gasteiger partial charge in [0.1, 0.15) is 17.5 Å². The van der Waals surface area contributed by atoms with Crippen LogP contribution in [-0.4, -0.2) is 25.6 Å². The molecule has 5 rings (SSSR count). The first-order valence-electron chi connectivity index (χ1n) is 11.0. The molecule has 0 radical (unpaired) electrons. The number of rotatable bonds is 4. The highest BCUT2D eigenvalue weighted by Crippen LogP contribution is 2.39. The maximum atomic E-state index is 13.7. The van der Waals surface area contributed by atoms with Gasteiger partial charge in [-0.1, -0.05) is 5.16 Å². The number of hydrogen-bond acceptors (Lipinski definition) is 5. The summed E-state index contributed by atoms with van der Waals surface area (Å²) in [6.45, 7) is 4.41. The summed E-state index contributed by atoms with van der Waals surface area (Å²) in [5, 5.41) is 13.1.